The average Bonchev–Trinajstić information content (AvgIpc) is 2.56. The normalized spacial score (nSPS) is 16.6. The van der Waals surface area contributed by atoms with Gasteiger partial charge in [0.2, 0.25) is 0 Å². The van der Waals surface area contributed by atoms with Gasteiger partial charge in [-0.3, -0.25) is 0 Å². The number of hydrogen-bond acceptors (Lipinski definition) is 4. The third-order valence-electron chi connectivity index (χ3n) is 2.57. The van der Waals surface area contributed by atoms with Crippen molar-refractivity contribution in [1.29, 1.82) is 0 Å². The number of carboxylic acids is 1. The van der Waals surface area contributed by atoms with Crippen molar-refractivity contribution in [2.45, 2.75) is 6.42 Å². The van der Waals surface area contributed by atoms with Gasteiger partial charge in [0, 0.05) is 19.7 Å². The molecule has 1 saturated heterocycles. The summed E-state index contributed by atoms with van der Waals surface area (Å²) >= 11 is 5.82. The number of aromatic carboxylic acids is 1. The van der Waals surface area contributed by atoms with E-state index in [1.807, 2.05) is 4.90 Å². The Bertz CT molecular complexity index is 417. The van der Waals surface area contributed by atoms with Gasteiger partial charge in [0.15, 0.2) is 0 Å². The van der Waals surface area contributed by atoms with E-state index in [0.717, 1.165) is 19.6 Å². The number of carbonyl (C=O) groups is 1. The zero-order valence-electron chi connectivity index (χ0n) is 9.23. The van der Waals surface area contributed by atoms with Crippen molar-refractivity contribution in [2.75, 3.05) is 31.2 Å². The van der Waals surface area contributed by atoms with Crippen LogP contribution in [-0.2, 0) is 4.74 Å². The molecule has 1 aromatic rings. The number of anilines is 1. The first-order valence-corrected chi connectivity index (χ1v) is 5.78. The van der Waals surface area contributed by atoms with Crippen LogP contribution in [0, 0.1) is 0 Å². The fourth-order valence-corrected chi connectivity index (χ4v) is 1.95. The number of pyridine rings is 1. The largest absolute Gasteiger partial charge is 0.478 e. The molecule has 0 aromatic carbocycles. The van der Waals surface area contributed by atoms with Gasteiger partial charge in [-0.1, -0.05) is 11.6 Å². The van der Waals surface area contributed by atoms with Crippen LogP contribution < -0.4 is 4.90 Å². The zero-order chi connectivity index (χ0) is 12.3. The number of hydrogen-bond donors (Lipinski definition) is 1. The Kier molecular flexibility index (Phi) is 3.81. The number of carboxylic acid groups (broad SMARTS) is 1. The summed E-state index contributed by atoms with van der Waals surface area (Å²) in [4.78, 5) is 17.1. The Labute approximate surface area is 104 Å². The molecule has 1 aliphatic rings. The fourth-order valence-electron chi connectivity index (χ4n) is 1.74. The maximum absolute atomic E-state index is 10.9. The van der Waals surface area contributed by atoms with Gasteiger partial charge >= 0.3 is 5.97 Å². The van der Waals surface area contributed by atoms with Crippen molar-refractivity contribution in [3.05, 3.63) is 22.8 Å². The molecule has 0 atom stereocenters. The SMILES string of the molecule is O=C(O)c1cc(Cl)nc(N2CCCOCC2)c1. The molecule has 2 rings (SSSR count). The number of aromatic nitrogens is 1. The minimum atomic E-state index is -0.998. The predicted molar refractivity (Wildman–Crippen MR) is 63.9 cm³/mol. The monoisotopic (exact) mass is 256 g/mol. The van der Waals surface area contributed by atoms with Crippen LogP contribution in [0.15, 0.2) is 12.1 Å². The summed E-state index contributed by atoms with van der Waals surface area (Å²) in [6, 6.07) is 2.89. The number of halogens is 1. The second-order valence-electron chi connectivity index (χ2n) is 3.79. The molecule has 92 valence electrons. The van der Waals surface area contributed by atoms with Crippen LogP contribution in [0.3, 0.4) is 0 Å². The van der Waals surface area contributed by atoms with Crippen LogP contribution in [0.5, 0.6) is 0 Å². The van der Waals surface area contributed by atoms with Crippen LogP contribution >= 0.6 is 11.6 Å². The maximum atomic E-state index is 10.9. The van der Waals surface area contributed by atoms with Crippen LogP contribution in [-0.4, -0.2) is 42.4 Å². The lowest BCUT2D eigenvalue weighted by Gasteiger charge is -2.21. The Balaban J connectivity index is 2.27. The van der Waals surface area contributed by atoms with E-state index < -0.39 is 5.97 Å². The third-order valence-corrected chi connectivity index (χ3v) is 2.77. The van der Waals surface area contributed by atoms with Crippen LogP contribution in [0.25, 0.3) is 0 Å². The third kappa shape index (κ3) is 3.08. The molecular weight excluding hydrogens is 244 g/mol. The summed E-state index contributed by atoms with van der Waals surface area (Å²) in [5.74, 6) is -0.401. The first kappa shape index (κ1) is 12.1. The number of ether oxygens (including phenoxy) is 1. The van der Waals surface area contributed by atoms with Crippen molar-refractivity contribution >= 4 is 23.4 Å². The Morgan fingerprint density at radius 2 is 2.24 bits per heavy atom. The molecule has 17 heavy (non-hydrogen) atoms. The summed E-state index contributed by atoms with van der Waals surface area (Å²) in [6.07, 6.45) is 0.899. The highest BCUT2D eigenvalue weighted by Gasteiger charge is 2.14. The van der Waals surface area contributed by atoms with Gasteiger partial charge in [0.25, 0.3) is 0 Å². The molecule has 0 aliphatic carbocycles. The molecule has 0 radical (unpaired) electrons. The van der Waals surface area contributed by atoms with E-state index in [0.29, 0.717) is 19.0 Å². The molecule has 1 aromatic heterocycles. The summed E-state index contributed by atoms with van der Waals surface area (Å²) in [6.45, 7) is 2.85. The van der Waals surface area contributed by atoms with Gasteiger partial charge in [0.05, 0.1) is 12.2 Å². The van der Waals surface area contributed by atoms with Crippen molar-refractivity contribution in [2.24, 2.45) is 0 Å². The van der Waals surface area contributed by atoms with E-state index in [1.54, 1.807) is 6.07 Å². The summed E-state index contributed by atoms with van der Waals surface area (Å²) in [5, 5.41) is 9.16. The zero-order valence-corrected chi connectivity index (χ0v) is 9.98. The quantitative estimate of drug-likeness (QED) is 0.816. The molecule has 5 nitrogen and oxygen atoms in total. The second kappa shape index (κ2) is 5.33. The highest BCUT2D eigenvalue weighted by molar-refractivity contribution is 6.29. The van der Waals surface area contributed by atoms with Crippen LogP contribution in [0.2, 0.25) is 5.15 Å². The van der Waals surface area contributed by atoms with Crippen molar-refractivity contribution in [3.63, 3.8) is 0 Å². The van der Waals surface area contributed by atoms with Gasteiger partial charge in [-0.15, -0.1) is 0 Å². The van der Waals surface area contributed by atoms with E-state index >= 15 is 0 Å². The summed E-state index contributed by atoms with van der Waals surface area (Å²) in [5.41, 5.74) is 0.158. The Morgan fingerprint density at radius 1 is 1.41 bits per heavy atom. The lowest BCUT2D eigenvalue weighted by Crippen LogP contribution is -2.27. The molecule has 1 fully saturated rings. The Hall–Kier alpha value is -1.33. The molecule has 1 N–H and O–H groups in total. The highest BCUT2D eigenvalue weighted by Crippen LogP contribution is 2.19. The first-order valence-electron chi connectivity index (χ1n) is 5.40. The topological polar surface area (TPSA) is 62.7 Å². The van der Waals surface area contributed by atoms with Gasteiger partial charge in [-0.2, -0.15) is 0 Å². The van der Waals surface area contributed by atoms with E-state index in [4.69, 9.17) is 21.4 Å². The van der Waals surface area contributed by atoms with Gasteiger partial charge in [-0.05, 0) is 18.6 Å². The van der Waals surface area contributed by atoms with E-state index in [-0.39, 0.29) is 10.7 Å². The van der Waals surface area contributed by atoms with Gasteiger partial charge in [-0.25, -0.2) is 9.78 Å². The summed E-state index contributed by atoms with van der Waals surface area (Å²) < 4.78 is 5.34. The fraction of sp³-hybridized carbons (Fsp3) is 0.455. The van der Waals surface area contributed by atoms with Gasteiger partial charge < -0.3 is 14.7 Å². The standard InChI is InChI=1S/C11H13ClN2O3/c12-9-6-8(11(15)16)7-10(13-9)14-2-1-4-17-5-3-14/h6-7H,1-5H2,(H,15,16). The molecular formula is C11H13ClN2O3. The molecule has 0 amide bonds. The predicted octanol–water partition coefficient (Wildman–Crippen LogP) is 1.66. The van der Waals surface area contributed by atoms with E-state index in [2.05, 4.69) is 4.98 Å². The lowest BCUT2D eigenvalue weighted by atomic mass is 10.2. The molecule has 6 heteroatoms. The molecule has 1 aliphatic heterocycles. The number of nitrogens with zero attached hydrogens (tertiary/aromatic N) is 2. The molecule has 0 saturated carbocycles. The minimum absolute atomic E-state index is 0.158. The smallest absolute Gasteiger partial charge is 0.335 e. The minimum Gasteiger partial charge on any atom is -0.478 e. The molecule has 0 unspecified atom stereocenters. The highest BCUT2D eigenvalue weighted by atomic mass is 35.5. The average molecular weight is 257 g/mol. The maximum Gasteiger partial charge on any atom is 0.335 e. The summed E-state index contributed by atoms with van der Waals surface area (Å²) in [7, 11) is 0. The lowest BCUT2D eigenvalue weighted by molar-refractivity contribution is 0.0697. The first-order chi connectivity index (χ1) is 8.16. The molecule has 2 heterocycles. The van der Waals surface area contributed by atoms with E-state index in [9.17, 15) is 4.79 Å². The van der Waals surface area contributed by atoms with Crippen molar-refractivity contribution < 1.29 is 14.6 Å². The van der Waals surface area contributed by atoms with Crippen LogP contribution in [0.1, 0.15) is 16.8 Å². The Morgan fingerprint density at radius 3 is 3.00 bits per heavy atom. The molecule has 0 bridgehead atoms. The van der Waals surface area contributed by atoms with Gasteiger partial charge in [0.1, 0.15) is 11.0 Å². The molecule has 0 spiro atoms. The van der Waals surface area contributed by atoms with Crippen LogP contribution in [0.4, 0.5) is 5.82 Å². The van der Waals surface area contributed by atoms with Crippen molar-refractivity contribution in [1.82, 2.24) is 4.98 Å². The number of rotatable bonds is 2. The second-order valence-corrected chi connectivity index (χ2v) is 4.18. The van der Waals surface area contributed by atoms with E-state index in [1.165, 1.54) is 6.07 Å². The van der Waals surface area contributed by atoms with Crippen molar-refractivity contribution in [3.8, 4) is 0 Å².